The summed E-state index contributed by atoms with van der Waals surface area (Å²) in [5.41, 5.74) is -4.44. The average molecular weight is 281 g/mol. The van der Waals surface area contributed by atoms with E-state index in [0.29, 0.717) is 0 Å². The lowest BCUT2D eigenvalue weighted by molar-refractivity contribution is -0.0328. The van der Waals surface area contributed by atoms with Gasteiger partial charge >= 0.3 is 11.6 Å². The molecule has 0 aromatic heterocycles. The van der Waals surface area contributed by atoms with Crippen molar-refractivity contribution < 1.29 is 27.8 Å². The zero-order valence-electron chi connectivity index (χ0n) is 9.03. The SMILES string of the molecule is O=C(Nc1ccccc1SC(F)(F)F)OCCO. The fraction of sp³-hybridized carbons (Fsp3) is 0.300. The molecule has 0 saturated heterocycles. The highest BCUT2D eigenvalue weighted by Crippen LogP contribution is 2.40. The van der Waals surface area contributed by atoms with E-state index in [9.17, 15) is 18.0 Å². The first-order valence-electron chi connectivity index (χ1n) is 4.82. The molecule has 1 amide bonds. The van der Waals surface area contributed by atoms with Crippen molar-refractivity contribution in [2.75, 3.05) is 18.5 Å². The van der Waals surface area contributed by atoms with Gasteiger partial charge in [0.15, 0.2) is 0 Å². The third-order valence-corrected chi connectivity index (χ3v) is 2.48. The Hall–Kier alpha value is -1.41. The molecule has 100 valence electrons. The summed E-state index contributed by atoms with van der Waals surface area (Å²) in [4.78, 5) is 11.0. The van der Waals surface area contributed by atoms with Crippen LogP contribution in [0, 0.1) is 0 Å². The van der Waals surface area contributed by atoms with Crippen molar-refractivity contribution in [3.63, 3.8) is 0 Å². The van der Waals surface area contributed by atoms with Crippen molar-refractivity contribution >= 4 is 23.5 Å². The molecule has 0 atom stereocenters. The average Bonchev–Trinajstić information content (AvgIpc) is 2.27. The van der Waals surface area contributed by atoms with E-state index >= 15 is 0 Å². The van der Waals surface area contributed by atoms with Crippen LogP contribution in [0.1, 0.15) is 0 Å². The Morgan fingerprint density at radius 1 is 1.39 bits per heavy atom. The monoisotopic (exact) mass is 281 g/mol. The molecule has 0 saturated carbocycles. The highest BCUT2D eigenvalue weighted by Gasteiger charge is 2.30. The predicted octanol–water partition coefficient (Wildman–Crippen LogP) is 2.84. The van der Waals surface area contributed by atoms with Gasteiger partial charge in [-0.1, -0.05) is 12.1 Å². The minimum Gasteiger partial charge on any atom is -0.447 e. The number of aliphatic hydroxyl groups excluding tert-OH is 1. The van der Waals surface area contributed by atoms with Gasteiger partial charge in [-0.3, -0.25) is 5.32 Å². The molecule has 0 unspecified atom stereocenters. The Bertz CT molecular complexity index is 412. The van der Waals surface area contributed by atoms with Crippen molar-refractivity contribution in [1.82, 2.24) is 0 Å². The van der Waals surface area contributed by atoms with Gasteiger partial charge < -0.3 is 9.84 Å². The molecule has 0 heterocycles. The first-order chi connectivity index (χ1) is 8.42. The smallest absolute Gasteiger partial charge is 0.446 e. The van der Waals surface area contributed by atoms with Crippen LogP contribution in [0.2, 0.25) is 0 Å². The minimum atomic E-state index is -4.44. The van der Waals surface area contributed by atoms with Crippen molar-refractivity contribution in [2.24, 2.45) is 0 Å². The van der Waals surface area contributed by atoms with Crippen LogP contribution in [-0.4, -0.2) is 29.9 Å². The van der Waals surface area contributed by atoms with Crippen molar-refractivity contribution in [3.8, 4) is 0 Å². The Morgan fingerprint density at radius 3 is 2.67 bits per heavy atom. The lowest BCUT2D eigenvalue weighted by atomic mass is 10.3. The van der Waals surface area contributed by atoms with Crippen LogP contribution in [0.4, 0.5) is 23.7 Å². The number of thioether (sulfide) groups is 1. The number of halogens is 3. The van der Waals surface area contributed by atoms with Gasteiger partial charge in [-0.05, 0) is 23.9 Å². The van der Waals surface area contributed by atoms with Crippen LogP contribution in [0.3, 0.4) is 0 Å². The number of ether oxygens (including phenoxy) is 1. The van der Waals surface area contributed by atoms with Crippen molar-refractivity contribution in [2.45, 2.75) is 10.4 Å². The van der Waals surface area contributed by atoms with Crippen molar-refractivity contribution in [1.29, 1.82) is 0 Å². The lowest BCUT2D eigenvalue weighted by Gasteiger charge is -2.11. The number of hydrogen-bond acceptors (Lipinski definition) is 4. The summed E-state index contributed by atoms with van der Waals surface area (Å²) in [7, 11) is 0. The molecule has 4 nitrogen and oxygen atoms in total. The molecule has 0 bridgehead atoms. The topological polar surface area (TPSA) is 58.6 Å². The standard InChI is InChI=1S/C10H10F3NO3S/c11-10(12,13)18-8-4-2-1-3-7(8)14-9(16)17-6-5-15/h1-4,15H,5-6H2,(H,14,16). The Labute approximate surface area is 105 Å². The number of rotatable bonds is 4. The van der Waals surface area contributed by atoms with Crippen LogP contribution < -0.4 is 5.32 Å². The molecule has 1 aromatic carbocycles. The summed E-state index contributed by atoms with van der Waals surface area (Å²) in [5, 5.41) is 10.6. The molecule has 0 aliphatic heterocycles. The number of anilines is 1. The Kier molecular flexibility index (Phi) is 5.29. The number of hydrogen-bond donors (Lipinski definition) is 2. The Morgan fingerprint density at radius 2 is 2.06 bits per heavy atom. The van der Waals surface area contributed by atoms with E-state index in [-0.39, 0.29) is 35.6 Å². The Balaban J connectivity index is 2.73. The van der Waals surface area contributed by atoms with E-state index in [2.05, 4.69) is 10.1 Å². The summed E-state index contributed by atoms with van der Waals surface area (Å²) >= 11 is -0.326. The summed E-state index contributed by atoms with van der Waals surface area (Å²) in [6, 6.07) is 5.48. The second-order valence-electron chi connectivity index (χ2n) is 3.03. The van der Waals surface area contributed by atoms with Gasteiger partial charge in [-0.2, -0.15) is 13.2 Å². The third-order valence-electron chi connectivity index (χ3n) is 1.67. The molecule has 0 radical (unpaired) electrons. The van der Waals surface area contributed by atoms with Gasteiger partial charge in [-0.25, -0.2) is 4.79 Å². The predicted molar refractivity (Wildman–Crippen MR) is 60.4 cm³/mol. The second kappa shape index (κ2) is 6.50. The van der Waals surface area contributed by atoms with Crippen LogP contribution in [0.5, 0.6) is 0 Å². The van der Waals surface area contributed by atoms with Gasteiger partial charge in [0.1, 0.15) is 6.61 Å². The van der Waals surface area contributed by atoms with Crippen molar-refractivity contribution in [3.05, 3.63) is 24.3 Å². The zero-order chi connectivity index (χ0) is 13.6. The number of carbonyl (C=O) groups excluding carboxylic acids is 1. The normalized spacial score (nSPS) is 11.1. The van der Waals surface area contributed by atoms with Crippen LogP contribution in [0.15, 0.2) is 29.2 Å². The van der Waals surface area contributed by atoms with Gasteiger partial charge in [-0.15, -0.1) is 0 Å². The number of benzene rings is 1. The molecule has 2 N–H and O–H groups in total. The number of para-hydroxylation sites is 1. The number of carbonyl (C=O) groups is 1. The molecular formula is C10H10F3NO3S. The molecule has 0 fully saturated rings. The summed E-state index contributed by atoms with van der Waals surface area (Å²) in [6.07, 6.45) is -0.917. The van der Waals surface area contributed by atoms with E-state index in [1.54, 1.807) is 0 Å². The number of nitrogens with one attached hydrogen (secondary N) is 1. The molecule has 18 heavy (non-hydrogen) atoms. The fourth-order valence-electron chi connectivity index (χ4n) is 1.07. The molecule has 0 aliphatic rings. The fourth-order valence-corrected chi connectivity index (χ4v) is 1.69. The lowest BCUT2D eigenvalue weighted by Crippen LogP contribution is -2.16. The van der Waals surface area contributed by atoms with Gasteiger partial charge in [0.2, 0.25) is 0 Å². The summed E-state index contributed by atoms with van der Waals surface area (Å²) in [6.45, 7) is -0.577. The summed E-state index contributed by atoms with van der Waals surface area (Å²) < 4.78 is 41.2. The largest absolute Gasteiger partial charge is 0.447 e. The third kappa shape index (κ3) is 5.28. The molecule has 1 aromatic rings. The quantitative estimate of drug-likeness (QED) is 0.833. The maximum Gasteiger partial charge on any atom is 0.446 e. The molecule has 8 heteroatoms. The number of amides is 1. The summed E-state index contributed by atoms with van der Waals surface area (Å²) in [5.74, 6) is 0. The van der Waals surface area contributed by atoms with Gasteiger partial charge in [0, 0.05) is 4.90 Å². The van der Waals surface area contributed by atoms with E-state index < -0.39 is 11.6 Å². The van der Waals surface area contributed by atoms with E-state index in [1.165, 1.54) is 24.3 Å². The minimum absolute atomic E-state index is 0.00256. The van der Waals surface area contributed by atoms with E-state index in [0.717, 1.165) is 0 Å². The van der Waals surface area contributed by atoms with Crippen LogP contribution in [-0.2, 0) is 4.74 Å². The van der Waals surface area contributed by atoms with Gasteiger partial charge in [0.25, 0.3) is 0 Å². The molecule has 0 spiro atoms. The van der Waals surface area contributed by atoms with Crippen LogP contribution in [0.25, 0.3) is 0 Å². The van der Waals surface area contributed by atoms with Crippen LogP contribution >= 0.6 is 11.8 Å². The second-order valence-corrected chi connectivity index (χ2v) is 4.14. The number of alkyl halides is 3. The van der Waals surface area contributed by atoms with E-state index in [4.69, 9.17) is 5.11 Å². The highest BCUT2D eigenvalue weighted by molar-refractivity contribution is 8.00. The molecular weight excluding hydrogens is 271 g/mol. The van der Waals surface area contributed by atoms with E-state index in [1.807, 2.05) is 0 Å². The zero-order valence-corrected chi connectivity index (χ0v) is 9.85. The first-order valence-corrected chi connectivity index (χ1v) is 5.63. The maximum atomic E-state index is 12.2. The molecule has 1 rings (SSSR count). The first kappa shape index (κ1) is 14.7. The number of aliphatic hydroxyl groups is 1. The maximum absolute atomic E-state index is 12.2. The highest BCUT2D eigenvalue weighted by atomic mass is 32.2. The molecule has 0 aliphatic carbocycles. The van der Waals surface area contributed by atoms with Gasteiger partial charge in [0.05, 0.1) is 12.3 Å².